The number of aromatic nitrogens is 6. The van der Waals surface area contributed by atoms with Crippen LogP contribution in [0, 0.1) is 11.6 Å². The van der Waals surface area contributed by atoms with Crippen LogP contribution in [0.25, 0.3) is 44.3 Å². The molecule has 8 N–H and O–H groups in total. The second-order valence-corrected chi connectivity index (χ2v) is 27.3. The van der Waals surface area contributed by atoms with Crippen molar-refractivity contribution in [3.8, 4) is 22.3 Å². The first-order valence-corrected chi connectivity index (χ1v) is 37.1. The summed E-state index contributed by atoms with van der Waals surface area (Å²) in [5, 5.41) is 36.9. The fraction of sp³-hybridized carbons (Fsp3) is 0.487. The number of aryl methyl sites for hydroxylation is 4. The molecule has 0 saturated carbocycles. The topological polar surface area (TPSA) is 268 Å². The number of rotatable bonds is 27. The first-order chi connectivity index (χ1) is 50.5. The van der Waals surface area contributed by atoms with E-state index in [0.717, 1.165) is 144 Å². The Labute approximate surface area is 616 Å². The summed E-state index contributed by atoms with van der Waals surface area (Å²) in [7, 11) is 2.17. The average Bonchev–Trinajstić information content (AvgIpc) is 1.66. The van der Waals surface area contributed by atoms with Gasteiger partial charge >= 0.3 is 0 Å². The highest BCUT2D eigenvalue weighted by molar-refractivity contribution is 5.93. The zero-order valence-corrected chi connectivity index (χ0v) is 61.4. The van der Waals surface area contributed by atoms with Gasteiger partial charge in [-0.1, -0.05) is 69.8 Å². The van der Waals surface area contributed by atoms with E-state index in [-0.39, 0.29) is 94.3 Å². The number of nitrogens with zero attached hydrogens (tertiary/aromatic N) is 8. The van der Waals surface area contributed by atoms with Crippen molar-refractivity contribution in [3.63, 3.8) is 0 Å². The Morgan fingerprint density at radius 2 is 1.07 bits per heavy atom. The van der Waals surface area contributed by atoms with Crippen molar-refractivity contribution in [2.75, 3.05) is 83.4 Å². The summed E-state index contributed by atoms with van der Waals surface area (Å²) in [5.41, 5.74) is 12.5. The Morgan fingerprint density at radius 3 is 1.50 bits per heavy atom. The molecule has 564 valence electrons. The van der Waals surface area contributed by atoms with Crippen LogP contribution in [0.5, 0.6) is 0 Å². The lowest BCUT2D eigenvalue weighted by Gasteiger charge is -2.31. The lowest BCUT2D eigenvalue weighted by atomic mass is 10.00. The highest BCUT2D eigenvalue weighted by Gasteiger charge is 2.26. The molecular weight excluding hydrogens is 1330 g/mol. The maximum atomic E-state index is 15.0. The number of carbonyl (C=O) groups is 5. The predicted octanol–water partition coefficient (Wildman–Crippen LogP) is 10.4. The number of hydrogen-bond donors (Lipinski definition) is 8. The zero-order chi connectivity index (χ0) is 73.5. The quantitative estimate of drug-likeness (QED) is 0.0222. The van der Waals surface area contributed by atoms with Gasteiger partial charge in [-0.3, -0.25) is 28.9 Å². The molecule has 4 aromatic heterocycles. The van der Waals surface area contributed by atoms with Gasteiger partial charge in [-0.15, -0.1) is 0 Å². The van der Waals surface area contributed by atoms with Gasteiger partial charge in [0.05, 0.1) is 34.5 Å². The smallest absolute Gasteiger partial charge is 0.220 e. The van der Waals surface area contributed by atoms with Gasteiger partial charge in [0.25, 0.3) is 0 Å². The van der Waals surface area contributed by atoms with Gasteiger partial charge in [0.1, 0.15) is 17.9 Å². The van der Waals surface area contributed by atoms with E-state index in [2.05, 4.69) is 96.4 Å². The minimum Gasteiger partial charge on any atom is -0.381 e. The molecule has 0 radical (unpaired) electrons. The van der Waals surface area contributed by atoms with Crippen LogP contribution in [-0.4, -0.2) is 166 Å². The van der Waals surface area contributed by atoms with Crippen molar-refractivity contribution in [2.45, 2.75) is 183 Å². The fourth-order valence-corrected chi connectivity index (χ4v) is 13.6. The highest BCUT2D eigenvalue weighted by atomic mass is 19.1. The molecule has 2 atom stereocenters. The number of piperazine rings is 2. The molecule has 4 fully saturated rings. The van der Waals surface area contributed by atoms with E-state index >= 15 is 4.39 Å². The molecule has 4 amide bonds. The molecule has 4 aliphatic rings. The summed E-state index contributed by atoms with van der Waals surface area (Å²) in [6, 6.07) is 25.9. The average molecular weight is 1440 g/mol. The minimum atomic E-state index is -0.421. The zero-order valence-electron chi connectivity index (χ0n) is 61.4. The van der Waals surface area contributed by atoms with Crippen LogP contribution in [0.15, 0.2) is 97.3 Å². The van der Waals surface area contributed by atoms with Crippen molar-refractivity contribution < 1.29 is 42.2 Å². The molecule has 8 heterocycles. The van der Waals surface area contributed by atoms with Crippen LogP contribution < -0.4 is 42.5 Å². The number of fused-ring (bicyclic) bond motifs is 2. The molecule has 0 bridgehead atoms. The number of pyridine rings is 2. The third-order valence-corrected chi connectivity index (χ3v) is 19.7. The third kappa shape index (κ3) is 22.2. The van der Waals surface area contributed by atoms with E-state index in [1.54, 1.807) is 48.5 Å². The third-order valence-electron chi connectivity index (χ3n) is 19.7. The van der Waals surface area contributed by atoms with Crippen molar-refractivity contribution in [2.24, 2.45) is 0 Å². The molecule has 8 aromatic rings. The van der Waals surface area contributed by atoms with E-state index in [9.17, 15) is 28.4 Å². The number of benzene rings is 4. The van der Waals surface area contributed by atoms with Crippen LogP contribution in [0.2, 0.25) is 0 Å². The van der Waals surface area contributed by atoms with Crippen LogP contribution in [0.4, 0.5) is 20.2 Å². The lowest BCUT2D eigenvalue weighted by Crippen LogP contribution is -2.48. The Kier molecular flexibility index (Phi) is 30.4. The SMILES string of the molecule is C.CCc1nc2c(cnn2CC)c(NC2CCOCC2)c1CNC(=O)CCC(=O)NCc1ccc(F)c(-c2cccc(C=O)c2)c1.CCc1nc2c(cnn2CC)c(NC2CCOCC2)c1CNC(=O)CCC(=O)NCc1ccc(F)c(-c2cccc(CN3CCN[C@@H](C)C3)c2)c1.C[C@H]1CNCCN1C. The van der Waals surface area contributed by atoms with Gasteiger partial charge in [0, 0.05) is 201 Å². The normalized spacial score (nSPS) is 16.6. The number of nitrogens with one attached hydrogen (secondary N) is 8. The van der Waals surface area contributed by atoms with Gasteiger partial charge < -0.3 is 56.9 Å². The minimum absolute atomic E-state index is 0. The maximum absolute atomic E-state index is 15.0. The first kappa shape index (κ1) is 80.0. The Morgan fingerprint density at radius 1 is 0.590 bits per heavy atom. The van der Waals surface area contributed by atoms with E-state index in [4.69, 9.17) is 19.4 Å². The summed E-state index contributed by atoms with van der Waals surface area (Å²) in [5.74, 6) is -1.71. The van der Waals surface area contributed by atoms with Crippen molar-refractivity contribution >= 4 is 63.4 Å². The summed E-state index contributed by atoms with van der Waals surface area (Å²) in [4.78, 5) is 77.1. The van der Waals surface area contributed by atoms with Crippen LogP contribution in [-0.2, 0) is 87.3 Å². The number of amides is 4. The monoisotopic (exact) mass is 1440 g/mol. The molecule has 0 spiro atoms. The molecule has 4 aliphatic heterocycles. The highest BCUT2D eigenvalue weighted by Crippen LogP contribution is 2.34. The van der Waals surface area contributed by atoms with Crippen molar-refractivity contribution in [1.29, 1.82) is 0 Å². The number of aldehydes is 1. The molecule has 0 aliphatic carbocycles. The van der Waals surface area contributed by atoms with Gasteiger partial charge in [0.15, 0.2) is 11.3 Å². The summed E-state index contributed by atoms with van der Waals surface area (Å²) >= 11 is 0. The molecule has 12 rings (SSSR count). The van der Waals surface area contributed by atoms with Gasteiger partial charge in [0.2, 0.25) is 23.6 Å². The first-order valence-electron chi connectivity index (χ1n) is 37.1. The number of likely N-dealkylation sites (N-methyl/N-ethyl adjacent to an activating group) is 1. The van der Waals surface area contributed by atoms with E-state index in [0.29, 0.717) is 99.0 Å². The van der Waals surface area contributed by atoms with E-state index < -0.39 is 5.82 Å². The Hall–Kier alpha value is -9.11. The Balaban J connectivity index is 0.000000219. The predicted molar refractivity (Wildman–Crippen MR) is 409 cm³/mol. The standard InChI is InChI=1S/C39H51FN8O3.C34H39FN6O4.C6H14N2.CH4/c1-4-35-32(38(45-30-13-17-51-18-14-30)33-23-44-48(5-2)39(33)46-35)22-43-37(50)12-11-36(49)42-21-27-9-10-34(40)31(20-27)29-8-6-7-28(19-29)25-47-16-15-41-26(3)24-47;1-3-30-27(33(39-25-12-14-45-15-13-25)28-20-38-41(4-2)34(28)40-30)19-37-32(44)11-10-31(43)36-18-22-8-9-29(35)26(17-22)24-7-5-6-23(16-24)21-42;1-6-5-7-3-4-8(6)2;/h6-10,19-20,23,26,30,41H,4-5,11-18,21-22,24-25H2,1-3H3,(H,42,49)(H,43,50)(H,45,46);5-9,16-17,20-21,25H,3-4,10-15,18-19H2,1-2H3,(H,36,43)(H,37,44)(H,39,40);6-7H,3-5H2,1-2H3;1H4/t26-;;6-;/m0.0./s1. The number of halogens is 2. The number of anilines is 2. The number of hydrogen-bond acceptors (Lipinski definition) is 17. The second-order valence-electron chi connectivity index (χ2n) is 27.3. The molecule has 4 saturated heterocycles. The Bertz CT molecular complexity index is 4200. The number of carbonyl (C=O) groups excluding carboxylic acids is 5. The molecule has 4 aromatic carbocycles. The van der Waals surface area contributed by atoms with Crippen molar-refractivity contribution in [3.05, 3.63) is 154 Å². The maximum Gasteiger partial charge on any atom is 0.220 e. The molecule has 23 nitrogen and oxygen atoms in total. The van der Waals surface area contributed by atoms with Gasteiger partial charge in [-0.2, -0.15) is 10.2 Å². The molecule has 105 heavy (non-hydrogen) atoms. The number of ether oxygens (including phenoxy) is 2. The van der Waals surface area contributed by atoms with E-state index in [1.807, 2.05) is 60.7 Å². The lowest BCUT2D eigenvalue weighted by molar-refractivity contribution is -0.126. The summed E-state index contributed by atoms with van der Waals surface area (Å²) in [6.07, 6.45) is 9.48. The second kappa shape index (κ2) is 39.8. The van der Waals surface area contributed by atoms with E-state index in [1.165, 1.54) is 18.7 Å². The summed E-state index contributed by atoms with van der Waals surface area (Å²) in [6.45, 7) is 25.1. The summed E-state index contributed by atoms with van der Waals surface area (Å²) < 4.78 is 44.4. The largest absolute Gasteiger partial charge is 0.381 e. The van der Waals surface area contributed by atoms with Gasteiger partial charge in [-0.25, -0.2) is 28.1 Å². The van der Waals surface area contributed by atoms with Crippen molar-refractivity contribution in [1.82, 2.24) is 71.2 Å². The van der Waals surface area contributed by atoms with Gasteiger partial charge in [-0.05, 0) is 137 Å². The fourth-order valence-electron chi connectivity index (χ4n) is 13.6. The molecular formula is C80H108F2N16O7. The van der Waals surface area contributed by atoms with Crippen LogP contribution >= 0.6 is 0 Å². The molecule has 0 unspecified atom stereocenters. The molecule has 25 heteroatoms. The van der Waals surface area contributed by atoms with Crippen LogP contribution in [0.1, 0.15) is 150 Å². The van der Waals surface area contributed by atoms with Crippen LogP contribution in [0.3, 0.4) is 0 Å².